The Morgan fingerprint density at radius 1 is 1.50 bits per heavy atom. The summed E-state index contributed by atoms with van der Waals surface area (Å²) in [6.45, 7) is 0.738. The second kappa shape index (κ2) is 2.85. The van der Waals surface area contributed by atoms with E-state index in [1.54, 1.807) is 6.07 Å². The van der Waals surface area contributed by atoms with E-state index in [2.05, 4.69) is 0 Å². The minimum Gasteiger partial charge on any atom is -0.618 e. The van der Waals surface area contributed by atoms with Crippen LogP contribution in [0.4, 0.5) is 0 Å². The molecule has 0 aliphatic carbocycles. The van der Waals surface area contributed by atoms with Crippen LogP contribution in [0.15, 0.2) is 18.3 Å². The van der Waals surface area contributed by atoms with Crippen LogP contribution < -0.4 is 9.47 Å². The molecule has 0 unspecified atom stereocenters. The molecule has 3 heterocycles. The largest absolute Gasteiger partial charge is 0.618 e. The molecule has 3 rings (SSSR count). The monoisotopic (exact) mass is 193 g/mol. The normalized spacial score (nSPS) is 29.1. The first-order valence-corrected chi connectivity index (χ1v) is 4.84. The van der Waals surface area contributed by atoms with E-state index in [4.69, 9.17) is 9.47 Å². The van der Waals surface area contributed by atoms with Gasteiger partial charge >= 0.3 is 0 Å². The average molecular weight is 193 g/mol. The maximum atomic E-state index is 11.4. The van der Waals surface area contributed by atoms with Crippen molar-refractivity contribution in [3.8, 4) is 5.75 Å². The van der Waals surface area contributed by atoms with Gasteiger partial charge < -0.3 is 14.7 Å². The molecule has 2 aliphatic rings. The molecular formula is C10H11NO3. The van der Waals surface area contributed by atoms with Gasteiger partial charge in [0.05, 0.1) is 6.61 Å². The molecule has 0 bridgehead atoms. The molecule has 1 aromatic heterocycles. The number of aromatic nitrogens is 1. The Kier molecular flexibility index (Phi) is 1.64. The van der Waals surface area contributed by atoms with Gasteiger partial charge in [-0.3, -0.25) is 0 Å². The molecule has 1 saturated heterocycles. The third-order valence-corrected chi connectivity index (χ3v) is 2.87. The van der Waals surface area contributed by atoms with Crippen LogP contribution >= 0.6 is 0 Å². The van der Waals surface area contributed by atoms with Gasteiger partial charge in [-0.25, -0.2) is 0 Å². The summed E-state index contributed by atoms with van der Waals surface area (Å²) in [5.41, 5.74) is 0.735. The van der Waals surface area contributed by atoms with Crippen LogP contribution in [0.25, 0.3) is 0 Å². The summed E-state index contributed by atoms with van der Waals surface area (Å²) in [6, 6.07) is 3.52. The van der Waals surface area contributed by atoms with E-state index in [9.17, 15) is 5.21 Å². The van der Waals surface area contributed by atoms with Gasteiger partial charge in [0.25, 0.3) is 0 Å². The zero-order valence-corrected chi connectivity index (χ0v) is 7.68. The fourth-order valence-corrected chi connectivity index (χ4v) is 2.11. The summed E-state index contributed by atoms with van der Waals surface area (Å²) >= 11 is 0. The van der Waals surface area contributed by atoms with Crippen molar-refractivity contribution in [2.24, 2.45) is 5.92 Å². The summed E-state index contributed by atoms with van der Waals surface area (Å²) in [6.07, 6.45) is 3.13. The highest BCUT2D eigenvalue weighted by Gasteiger charge is 2.38. The van der Waals surface area contributed by atoms with E-state index < -0.39 is 0 Å². The van der Waals surface area contributed by atoms with Gasteiger partial charge in [-0.15, -0.1) is 0 Å². The molecule has 2 atom stereocenters. The van der Waals surface area contributed by atoms with Gasteiger partial charge in [0, 0.05) is 18.4 Å². The van der Waals surface area contributed by atoms with Crippen molar-refractivity contribution in [2.75, 3.05) is 6.61 Å². The Bertz CT molecular complexity index is 366. The summed E-state index contributed by atoms with van der Waals surface area (Å²) in [4.78, 5) is 0. The number of nitrogens with zero attached hydrogens (tertiary/aromatic N) is 1. The Labute approximate surface area is 81.6 Å². The lowest BCUT2D eigenvalue weighted by Gasteiger charge is -2.25. The van der Waals surface area contributed by atoms with E-state index in [0.29, 0.717) is 11.7 Å². The summed E-state index contributed by atoms with van der Waals surface area (Å²) in [7, 11) is 0. The van der Waals surface area contributed by atoms with Gasteiger partial charge in [-0.05, 0) is 12.5 Å². The molecule has 0 spiro atoms. The van der Waals surface area contributed by atoms with Crippen LogP contribution in [0.5, 0.6) is 5.75 Å². The maximum absolute atomic E-state index is 11.4. The SMILES string of the molecule is [O-][n+]1cccc2c1C[C@@H]1CCO[C@H]1O2. The fourth-order valence-electron chi connectivity index (χ4n) is 2.11. The predicted octanol–water partition coefficient (Wildman–Crippen LogP) is 0.618. The molecule has 0 amide bonds. The van der Waals surface area contributed by atoms with Crippen molar-refractivity contribution in [2.45, 2.75) is 19.1 Å². The molecule has 1 fully saturated rings. The Hall–Kier alpha value is -1.29. The zero-order chi connectivity index (χ0) is 9.54. The van der Waals surface area contributed by atoms with Crippen molar-refractivity contribution >= 4 is 0 Å². The Balaban J connectivity index is 2.01. The van der Waals surface area contributed by atoms with Gasteiger partial charge in [0.15, 0.2) is 11.9 Å². The second-order valence-electron chi connectivity index (χ2n) is 3.75. The number of hydrogen-bond acceptors (Lipinski definition) is 3. The van der Waals surface area contributed by atoms with Crippen LogP contribution in [0.2, 0.25) is 0 Å². The van der Waals surface area contributed by atoms with E-state index >= 15 is 0 Å². The van der Waals surface area contributed by atoms with Gasteiger partial charge in [-0.1, -0.05) is 0 Å². The molecule has 14 heavy (non-hydrogen) atoms. The van der Waals surface area contributed by atoms with Crippen LogP contribution in [-0.4, -0.2) is 12.9 Å². The first-order valence-electron chi connectivity index (χ1n) is 4.84. The molecule has 0 saturated carbocycles. The van der Waals surface area contributed by atoms with E-state index in [1.165, 1.54) is 6.20 Å². The summed E-state index contributed by atoms with van der Waals surface area (Å²) in [5, 5.41) is 11.4. The third-order valence-electron chi connectivity index (χ3n) is 2.87. The van der Waals surface area contributed by atoms with E-state index in [-0.39, 0.29) is 6.29 Å². The van der Waals surface area contributed by atoms with E-state index in [1.807, 2.05) is 6.07 Å². The second-order valence-corrected chi connectivity index (χ2v) is 3.75. The highest BCUT2D eigenvalue weighted by Crippen LogP contribution is 2.33. The highest BCUT2D eigenvalue weighted by atomic mass is 16.7. The number of rotatable bonds is 0. The summed E-state index contributed by atoms with van der Waals surface area (Å²) < 4.78 is 11.9. The molecule has 0 aromatic carbocycles. The minimum absolute atomic E-state index is 0.134. The van der Waals surface area contributed by atoms with Gasteiger partial charge in [0.2, 0.25) is 12.0 Å². The Morgan fingerprint density at radius 3 is 3.36 bits per heavy atom. The number of hydrogen-bond donors (Lipinski definition) is 0. The quantitative estimate of drug-likeness (QED) is 0.448. The predicted molar refractivity (Wildman–Crippen MR) is 47.6 cm³/mol. The molecule has 0 N–H and O–H groups in total. The number of ether oxygens (including phenoxy) is 2. The van der Waals surface area contributed by atoms with Crippen molar-refractivity contribution in [1.82, 2.24) is 0 Å². The van der Waals surface area contributed by atoms with Gasteiger partial charge in [-0.2, -0.15) is 4.73 Å². The summed E-state index contributed by atoms with van der Waals surface area (Å²) in [5.74, 6) is 1.02. The smallest absolute Gasteiger partial charge is 0.235 e. The molecule has 1 aromatic rings. The molecular weight excluding hydrogens is 182 g/mol. The number of fused-ring (bicyclic) bond motifs is 2. The lowest BCUT2D eigenvalue weighted by molar-refractivity contribution is -0.616. The Morgan fingerprint density at radius 2 is 2.43 bits per heavy atom. The molecule has 74 valence electrons. The van der Waals surface area contributed by atoms with Crippen LogP contribution in [0.1, 0.15) is 12.1 Å². The van der Waals surface area contributed by atoms with Crippen molar-refractivity contribution in [1.29, 1.82) is 0 Å². The molecule has 0 radical (unpaired) electrons. The van der Waals surface area contributed by atoms with Crippen molar-refractivity contribution < 1.29 is 14.2 Å². The first kappa shape index (κ1) is 8.05. The third kappa shape index (κ3) is 1.07. The average Bonchev–Trinajstić information content (AvgIpc) is 2.62. The lowest BCUT2D eigenvalue weighted by Crippen LogP contribution is -2.39. The zero-order valence-electron chi connectivity index (χ0n) is 7.68. The van der Waals surface area contributed by atoms with Crippen molar-refractivity contribution in [3.05, 3.63) is 29.2 Å². The number of pyridine rings is 1. The van der Waals surface area contributed by atoms with Crippen LogP contribution in [-0.2, 0) is 11.2 Å². The first-order chi connectivity index (χ1) is 6.84. The lowest BCUT2D eigenvalue weighted by atomic mass is 9.98. The standard InChI is InChI=1S/C10H11NO3/c12-11-4-1-2-9-8(11)6-7-3-5-13-10(7)14-9/h1-2,4,7,10H,3,5-6H2/t7-,10-/m0/s1. The highest BCUT2D eigenvalue weighted by molar-refractivity contribution is 5.26. The van der Waals surface area contributed by atoms with Gasteiger partial charge in [0.1, 0.15) is 0 Å². The minimum atomic E-state index is -0.134. The topological polar surface area (TPSA) is 45.4 Å². The van der Waals surface area contributed by atoms with Crippen LogP contribution in [0, 0.1) is 11.1 Å². The fraction of sp³-hybridized carbons (Fsp3) is 0.500. The van der Waals surface area contributed by atoms with Crippen molar-refractivity contribution in [3.63, 3.8) is 0 Å². The van der Waals surface area contributed by atoms with E-state index in [0.717, 1.165) is 29.9 Å². The molecule has 4 heteroatoms. The molecule has 2 aliphatic heterocycles. The maximum Gasteiger partial charge on any atom is 0.235 e. The molecule has 4 nitrogen and oxygen atoms in total. The van der Waals surface area contributed by atoms with Crippen LogP contribution in [0.3, 0.4) is 0 Å².